The Balaban J connectivity index is 2.08. The minimum Gasteiger partial charge on any atom is -0.448 e. The van der Waals surface area contributed by atoms with Gasteiger partial charge in [-0.3, -0.25) is 10.1 Å². The maximum atomic E-state index is 12.2. The van der Waals surface area contributed by atoms with Crippen LogP contribution in [0, 0.1) is 10.1 Å². The summed E-state index contributed by atoms with van der Waals surface area (Å²) in [5.74, 6) is 0. The van der Waals surface area contributed by atoms with Crippen LogP contribution >= 0.6 is 0 Å². The first kappa shape index (κ1) is 16.4. The number of carbonyl (C=O) groups is 1. The molecule has 0 spiro atoms. The Kier molecular flexibility index (Phi) is 4.56. The van der Waals surface area contributed by atoms with Crippen LogP contribution in [-0.4, -0.2) is 27.4 Å². The van der Waals surface area contributed by atoms with Gasteiger partial charge in [0, 0.05) is 23.3 Å². The summed E-state index contributed by atoms with van der Waals surface area (Å²) in [7, 11) is 0. The molecule has 3 rings (SSSR count). The topological polar surface area (TPSA) is 87.3 Å². The van der Waals surface area contributed by atoms with Gasteiger partial charge in [0.25, 0.3) is 5.69 Å². The van der Waals surface area contributed by atoms with Gasteiger partial charge in [-0.1, -0.05) is 30.3 Å². The molecular weight excluding hydrogens is 322 g/mol. The normalized spacial score (nSPS) is 10.4. The number of ether oxygens (including phenoxy) is 1. The van der Waals surface area contributed by atoms with Crippen molar-refractivity contribution < 1.29 is 14.5 Å². The minimum atomic E-state index is -0.599. The fraction of sp³-hybridized carbons (Fsp3) is 0.111. The summed E-state index contributed by atoms with van der Waals surface area (Å²) in [6, 6.07) is 17.1. The van der Waals surface area contributed by atoms with E-state index in [4.69, 9.17) is 4.74 Å². The highest BCUT2D eigenvalue weighted by molar-refractivity contribution is 5.80. The van der Waals surface area contributed by atoms with Gasteiger partial charge in [0.15, 0.2) is 0 Å². The molecule has 0 aliphatic heterocycles. The average Bonchev–Trinajstić information content (AvgIpc) is 3.08. The van der Waals surface area contributed by atoms with E-state index in [1.165, 1.54) is 16.8 Å². The molecule has 7 nitrogen and oxygen atoms in total. The fourth-order valence-electron chi connectivity index (χ4n) is 2.41. The number of nitrogens with zero attached hydrogens (tertiary/aromatic N) is 3. The zero-order valence-corrected chi connectivity index (χ0v) is 13.5. The molecule has 1 heterocycles. The lowest BCUT2D eigenvalue weighted by Gasteiger charge is -2.05. The number of nitro groups is 1. The van der Waals surface area contributed by atoms with Gasteiger partial charge in [0.05, 0.1) is 22.9 Å². The summed E-state index contributed by atoms with van der Waals surface area (Å²) in [5, 5.41) is 15.2. The van der Waals surface area contributed by atoms with Gasteiger partial charge >= 0.3 is 6.09 Å². The van der Waals surface area contributed by atoms with Crippen molar-refractivity contribution in [3.8, 4) is 22.5 Å². The van der Waals surface area contributed by atoms with Crippen LogP contribution in [-0.2, 0) is 4.74 Å². The molecule has 0 atom stereocenters. The molecule has 3 aromatic rings. The molecule has 7 heteroatoms. The molecule has 0 aliphatic rings. The molecule has 126 valence electrons. The quantitative estimate of drug-likeness (QED) is 0.527. The van der Waals surface area contributed by atoms with Crippen LogP contribution in [0.2, 0.25) is 0 Å². The second-order valence-electron chi connectivity index (χ2n) is 5.20. The molecule has 0 aliphatic carbocycles. The first-order chi connectivity index (χ1) is 12.1. The molecule has 0 N–H and O–H groups in total. The van der Waals surface area contributed by atoms with Crippen LogP contribution in [0.1, 0.15) is 6.92 Å². The summed E-state index contributed by atoms with van der Waals surface area (Å²) >= 11 is 0. The monoisotopic (exact) mass is 337 g/mol. The molecule has 25 heavy (non-hydrogen) atoms. The van der Waals surface area contributed by atoms with Gasteiger partial charge in [-0.05, 0) is 25.1 Å². The first-order valence-electron chi connectivity index (χ1n) is 7.67. The molecule has 2 aromatic carbocycles. The number of benzene rings is 2. The maximum absolute atomic E-state index is 12.2. The Morgan fingerprint density at radius 2 is 1.80 bits per heavy atom. The third kappa shape index (κ3) is 3.40. The average molecular weight is 337 g/mol. The van der Waals surface area contributed by atoms with Crippen molar-refractivity contribution in [2.45, 2.75) is 6.92 Å². The summed E-state index contributed by atoms with van der Waals surface area (Å²) in [5.41, 5.74) is 2.59. The fourth-order valence-corrected chi connectivity index (χ4v) is 2.41. The zero-order valence-electron chi connectivity index (χ0n) is 13.5. The van der Waals surface area contributed by atoms with Gasteiger partial charge < -0.3 is 4.74 Å². The molecule has 0 amide bonds. The number of rotatable bonds is 4. The lowest BCUT2D eigenvalue weighted by Crippen LogP contribution is -2.16. The predicted molar refractivity (Wildman–Crippen MR) is 92.2 cm³/mol. The van der Waals surface area contributed by atoms with Gasteiger partial charge in [-0.25, -0.2) is 4.79 Å². The number of nitro benzene ring substituents is 1. The molecule has 0 saturated heterocycles. The SMILES string of the molecule is CCOC(=O)n1nc(-c2ccccc2)cc1-c1ccc([N+](=O)[O-])cc1. The smallest absolute Gasteiger partial charge is 0.435 e. The Morgan fingerprint density at radius 3 is 2.40 bits per heavy atom. The summed E-state index contributed by atoms with van der Waals surface area (Å²) in [4.78, 5) is 22.6. The number of carbonyl (C=O) groups excluding carboxylic acids is 1. The van der Waals surface area contributed by atoms with Crippen molar-refractivity contribution in [3.63, 3.8) is 0 Å². The first-order valence-corrected chi connectivity index (χ1v) is 7.67. The van der Waals surface area contributed by atoms with E-state index in [2.05, 4.69) is 5.10 Å². The zero-order chi connectivity index (χ0) is 17.8. The van der Waals surface area contributed by atoms with E-state index in [-0.39, 0.29) is 12.3 Å². The number of hydrogen-bond acceptors (Lipinski definition) is 5. The van der Waals surface area contributed by atoms with Gasteiger partial charge in [-0.15, -0.1) is 0 Å². The lowest BCUT2D eigenvalue weighted by molar-refractivity contribution is -0.384. The second kappa shape index (κ2) is 6.96. The maximum Gasteiger partial charge on any atom is 0.435 e. The molecule has 0 fully saturated rings. The third-order valence-corrected chi connectivity index (χ3v) is 3.59. The highest BCUT2D eigenvalue weighted by Crippen LogP contribution is 2.27. The van der Waals surface area contributed by atoms with E-state index < -0.39 is 11.0 Å². The Labute approximate surface area is 143 Å². The van der Waals surface area contributed by atoms with Crippen LogP contribution in [0.3, 0.4) is 0 Å². The highest BCUT2D eigenvalue weighted by Gasteiger charge is 2.18. The Morgan fingerprint density at radius 1 is 1.12 bits per heavy atom. The highest BCUT2D eigenvalue weighted by atomic mass is 16.6. The van der Waals surface area contributed by atoms with Crippen molar-refractivity contribution in [3.05, 3.63) is 70.8 Å². The van der Waals surface area contributed by atoms with Crippen molar-refractivity contribution in [2.75, 3.05) is 6.61 Å². The summed E-state index contributed by atoms with van der Waals surface area (Å²) < 4.78 is 6.23. The predicted octanol–water partition coefficient (Wildman–Crippen LogP) is 4.13. The van der Waals surface area contributed by atoms with E-state index in [0.29, 0.717) is 17.0 Å². The molecule has 0 bridgehead atoms. The summed E-state index contributed by atoms with van der Waals surface area (Å²) in [6.07, 6.45) is -0.599. The third-order valence-electron chi connectivity index (χ3n) is 3.59. The van der Waals surface area contributed by atoms with Crippen LogP contribution in [0.15, 0.2) is 60.7 Å². The van der Waals surface area contributed by atoms with Crippen molar-refractivity contribution >= 4 is 11.8 Å². The number of non-ortho nitro benzene ring substituents is 1. The second-order valence-corrected chi connectivity index (χ2v) is 5.20. The van der Waals surface area contributed by atoms with E-state index in [1.807, 2.05) is 30.3 Å². The van der Waals surface area contributed by atoms with Crippen LogP contribution < -0.4 is 0 Å². The number of hydrogen-bond donors (Lipinski definition) is 0. The Hall–Kier alpha value is -3.48. The molecular formula is C18H15N3O4. The van der Waals surface area contributed by atoms with E-state index in [1.54, 1.807) is 25.1 Å². The molecule has 1 aromatic heterocycles. The Bertz CT molecular complexity index is 902. The van der Waals surface area contributed by atoms with Gasteiger partial charge in [0.1, 0.15) is 0 Å². The molecule has 0 unspecified atom stereocenters. The van der Waals surface area contributed by atoms with Crippen molar-refractivity contribution in [1.82, 2.24) is 9.78 Å². The van der Waals surface area contributed by atoms with E-state index >= 15 is 0 Å². The lowest BCUT2D eigenvalue weighted by atomic mass is 10.1. The van der Waals surface area contributed by atoms with Gasteiger partial charge in [-0.2, -0.15) is 9.78 Å². The van der Waals surface area contributed by atoms with Crippen LogP contribution in [0.25, 0.3) is 22.5 Å². The summed E-state index contributed by atoms with van der Waals surface area (Å²) in [6.45, 7) is 1.93. The van der Waals surface area contributed by atoms with Gasteiger partial charge in [0.2, 0.25) is 0 Å². The van der Waals surface area contributed by atoms with E-state index in [0.717, 1.165) is 5.56 Å². The standard InChI is InChI=1S/C18H15N3O4/c1-2-25-18(22)20-17(14-8-10-15(11-9-14)21(23)24)12-16(19-20)13-6-4-3-5-7-13/h3-12H,2H2,1H3. The van der Waals surface area contributed by atoms with E-state index in [9.17, 15) is 14.9 Å². The molecule has 0 radical (unpaired) electrons. The van der Waals surface area contributed by atoms with Crippen LogP contribution in [0.4, 0.5) is 10.5 Å². The molecule has 0 saturated carbocycles. The van der Waals surface area contributed by atoms with Crippen molar-refractivity contribution in [1.29, 1.82) is 0 Å². The largest absolute Gasteiger partial charge is 0.448 e. The van der Waals surface area contributed by atoms with Crippen LogP contribution in [0.5, 0.6) is 0 Å². The number of aromatic nitrogens is 2. The minimum absolute atomic E-state index is 0.0192. The van der Waals surface area contributed by atoms with Crippen molar-refractivity contribution in [2.24, 2.45) is 0 Å².